The molecule has 0 bridgehead atoms. The normalized spacial score (nSPS) is 19.6. The summed E-state index contributed by atoms with van der Waals surface area (Å²) in [6, 6.07) is 0.878. The molecule has 106 valence electrons. The van der Waals surface area contributed by atoms with Gasteiger partial charge in [0.25, 0.3) is 0 Å². The van der Waals surface area contributed by atoms with Gasteiger partial charge < -0.3 is 5.32 Å². The predicted molar refractivity (Wildman–Crippen MR) is 81.2 cm³/mol. The van der Waals surface area contributed by atoms with E-state index in [0.717, 1.165) is 29.6 Å². The fraction of sp³-hybridized carbons (Fsp3) is 0.500. The maximum absolute atomic E-state index is 4.58. The van der Waals surface area contributed by atoms with E-state index in [0.29, 0.717) is 12.1 Å². The lowest BCUT2D eigenvalue weighted by Crippen LogP contribution is -2.31. The Morgan fingerprint density at radius 1 is 1.25 bits per heavy atom. The smallest absolute Gasteiger partial charge is 0.188 e. The summed E-state index contributed by atoms with van der Waals surface area (Å²) >= 11 is 1.57. The highest BCUT2D eigenvalue weighted by Gasteiger charge is 2.31. The van der Waals surface area contributed by atoms with Gasteiger partial charge in [0.2, 0.25) is 0 Å². The Hall–Kier alpha value is -1.53. The van der Waals surface area contributed by atoms with Crippen LogP contribution in [-0.2, 0) is 0 Å². The minimum absolute atomic E-state index is 0.353. The second kappa shape index (κ2) is 5.85. The highest BCUT2D eigenvalue weighted by Crippen LogP contribution is 2.35. The topological polar surface area (TPSA) is 53.9 Å². The van der Waals surface area contributed by atoms with E-state index in [1.165, 1.54) is 6.42 Å². The van der Waals surface area contributed by atoms with Crippen LogP contribution in [0.2, 0.25) is 0 Å². The molecule has 0 spiro atoms. The monoisotopic (exact) mass is 289 g/mol. The summed E-state index contributed by atoms with van der Waals surface area (Å²) in [4.78, 5) is 15.8. The average molecular weight is 289 g/mol. The van der Waals surface area contributed by atoms with Gasteiger partial charge in [-0.2, -0.15) is 0 Å². The Morgan fingerprint density at radius 3 is 2.85 bits per heavy atom. The molecule has 1 N–H and O–H groups in total. The summed E-state index contributed by atoms with van der Waals surface area (Å²) in [7, 11) is 0. The Labute approximate surface area is 123 Å². The van der Waals surface area contributed by atoms with Crippen LogP contribution in [0.1, 0.15) is 38.4 Å². The molecule has 3 heterocycles. The molecular weight excluding hydrogens is 270 g/mol. The van der Waals surface area contributed by atoms with Gasteiger partial charge in [-0.25, -0.2) is 9.97 Å². The lowest BCUT2D eigenvalue weighted by molar-refractivity contribution is 0.202. The zero-order chi connectivity index (χ0) is 13.9. The zero-order valence-corrected chi connectivity index (χ0v) is 12.6. The summed E-state index contributed by atoms with van der Waals surface area (Å²) in [5, 5.41) is 6.11. The number of anilines is 2. The van der Waals surface area contributed by atoms with Gasteiger partial charge in [-0.05, 0) is 33.2 Å². The molecule has 1 aliphatic rings. The van der Waals surface area contributed by atoms with Crippen LogP contribution in [0.15, 0.2) is 24.0 Å². The maximum atomic E-state index is 4.58. The largest absolute Gasteiger partial charge is 0.315 e. The van der Waals surface area contributed by atoms with Crippen molar-refractivity contribution in [1.29, 1.82) is 0 Å². The van der Waals surface area contributed by atoms with Gasteiger partial charge in [0, 0.05) is 30.0 Å². The Morgan fingerprint density at radius 2 is 2.10 bits per heavy atom. The molecule has 5 nitrogen and oxygen atoms in total. The van der Waals surface area contributed by atoms with E-state index in [4.69, 9.17) is 0 Å². The van der Waals surface area contributed by atoms with Crippen molar-refractivity contribution in [3.63, 3.8) is 0 Å². The molecule has 2 aromatic heterocycles. The number of nitrogens with one attached hydrogen (secondary N) is 1. The standard InChI is InChI=1S/C14H19N5S/c1-10(2)19-8-3-4-11(19)12-13(16-6-5-15-12)18-14-17-7-9-20-14/h5-7,9-11H,3-4,8H2,1-2H3,(H,16,17,18). The predicted octanol–water partition coefficient (Wildman–Crippen LogP) is 3.22. The third-order valence-corrected chi connectivity index (χ3v) is 4.35. The zero-order valence-electron chi connectivity index (χ0n) is 11.8. The van der Waals surface area contributed by atoms with E-state index in [1.54, 1.807) is 29.9 Å². The van der Waals surface area contributed by atoms with Crippen molar-refractivity contribution >= 4 is 22.3 Å². The minimum Gasteiger partial charge on any atom is -0.315 e. The molecule has 0 saturated carbocycles. The summed E-state index contributed by atoms with van der Waals surface area (Å²) in [6.45, 7) is 5.61. The van der Waals surface area contributed by atoms with Crippen LogP contribution < -0.4 is 5.32 Å². The molecule has 0 aromatic carbocycles. The molecule has 1 aliphatic heterocycles. The molecular formula is C14H19N5S. The van der Waals surface area contributed by atoms with Crippen LogP contribution in [0.5, 0.6) is 0 Å². The van der Waals surface area contributed by atoms with E-state index in [2.05, 4.69) is 39.0 Å². The third-order valence-electron chi connectivity index (χ3n) is 3.66. The Bertz CT molecular complexity index is 554. The van der Waals surface area contributed by atoms with Gasteiger partial charge in [-0.3, -0.25) is 9.88 Å². The molecule has 20 heavy (non-hydrogen) atoms. The summed E-state index contributed by atoms with van der Waals surface area (Å²) in [5.41, 5.74) is 1.04. The van der Waals surface area contributed by atoms with E-state index < -0.39 is 0 Å². The first-order valence-electron chi connectivity index (χ1n) is 6.99. The van der Waals surface area contributed by atoms with Crippen LogP contribution >= 0.6 is 11.3 Å². The fourth-order valence-corrected chi connectivity index (χ4v) is 3.30. The van der Waals surface area contributed by atoms with Crippen molar-refractivity contribution in [2.45, 2.75) is 38.8 Å². The first kappa shape index (κ1) is 13.5. The number of hydrogen-bond acceptors (Lipinski definition) is 6. The van der Waals surface area contributed by atoms with Crippen molar-refractivity contribution < 1.29 is 0 Å². The second-order valence-corrected chi connectivity index (χ2v) is 6.14. The molecule has 0 aliphatic carbocycles. The Kier molecular flexibility index (Phi) is 3.93. The number of hydrogen-bond donors (Lipinski definition) is 1. The first-order chi connectivity index (χ1) is 9.75. The Balaban J connectivity index is 1.89. The highest BCUT2D eigenvalue weighted by atomic mass is 32.1. The summed E-state index contributed by atoms with van der Waals surface area (Å²) < 4.78 is 0. The molecule has 6 heteroatoms. The molecule has 0 amide bonds. The average Bonchev–Trinajstić information content (AvgIpc) is 3.09. The van der Waals surface area contributed by atoms with E-state index in [9.17, 15) is 0 Å². The van der Waals surface area contributed by atoms with Gasteiger partial charge in [-0.15, -0.1) is 11.3 Å². The lowest BCUT2D eigenvalue weighted by atomic mass is 10.1. The number of aromatic nitrogens is 3. The van der Waals surface area contributed by atoms with Gasteiger partial charge in [-0.1, -0.05) is 0 Å². The quantitative estimate of drug-likeness (QED) is 0.936. The van der Waals surface area contributed by atoms with E-state index >= 15 is 0 Å². The van der Waals surface area contributed by atoms with Crippen LogP contribution in [0.25, 0.3) is 0 Å². The molecule has 1 unspecified atom stereocenters. The van der Waals surface area contributed by atoms with E-state index in [1.807, 2.05) is 5.38 Å². The number of likely N-dealkylation sites (tertiary alicyclic amines) is 1. The van der Waals surface area contributed by atoms with Gasteiger partial charge in [0.05, 0.1) is 6.04 Å². The van der Waals surface area contributed by atoms with E-state index in [-0.39, 0.29) is 0 Å². The first-order valence-corrected chi connectivity index (χ1v) is 7.87. The second-order valence-electron chi connectivity index (χ2n) is 5.24. The summed E-state index contributed by atoms with van der Waals surface area (Å²) in [6.07, 6.45) is 7.66. The molecule has 3 rings (SSSR count). The SMILES string of the molecule is CC(C)N1CCCC1c1nccnc1Nc1nccs1. The number of rotatable bonds is 4. The van der Waals surface area contributed by atoms with Gasteiger partial charge >= 0.3 is 0 Å². The van der Waals surface area contributed by atoms with Crippen LogP contribution in [0.3, 0.4) is 0 Å². The maximum Gasteiger partial charge on any atom is 0.188 e. The molecule has 1 atom stereocenters. The number of nitrogens with zero attached hydrogens (tertiary/aromatic N) is 4. The minimum atomic E-state index is 0.353. The van der Waals surface area contributed by atoms with Crippen molar-refractivity contribution in [2.24, 2.45) is 0 Å². The fourth-order valence-electron chi connectivity index (χ4n) is 2.78. The molecule has 1 saturated heterocycles. The molecule has 2 aromatic rings. The molecule has 0 radical (unpaired) electrons. The summed E-state index contributed by atoms with van der Waals surface area (Å²) in [5.74, 6) is 0.833. The molecule has 1 fully saturated rings. The number of thiazole rings is 1. The van der Waals surface area contributed by atoms with Crippen molar-refractivity contribution in [3.05, 3.63) is 29.7 Å². The van der Waals surface area contributed by atoms with Crippen molar-refractivity contribution in [3.8, 4) is 0 Å². The lowest BCUT2D eigenvalue weighted by Gasteiger charge is -2.28. The van der Waals surface area contributed by atoms with Crippen molar-refractivity contribution in [1.82, 2.24) is 19.9 Å². The van der Waals surface area contributed by atoms with Crippen LogP contribution in [0.4, 0.5) is 10.9 Å². The van der Waals surface area contributed by atoms with Gasteiger partial charge in [0.1, 0.15) is 5.69 Å². The highest BCUT2D eigenvalue weighted by molar-refractivity contribution is 7.13. The van der Waals surface area contributed by atoms with Crippen molar-refractivity contribution in [2.75, 3.05) is 11.9 Å². The van der Waals surface area contributed by atoms with Crippen LogP contribution in [0, 0.1) is 0 Å². The van der Waals surface area contributed by atoms with Gasteiger partial charge in [0.15, 0.2) is 10.9 Å². The third kappa shape index (κ3) is 2.66. The van der Waals surface area contributed by atoms with Crippen LogP contribution in [-0.4, -0.2) is 32.4 Å².